The van der Waals surface area contributed by atoms with E-state index in [-0.39, 0.29) is 17.5 Å². The Hall–Kier alpha value is -3.89. The van der Waals surface area contributed by atoms with Crippen LogP contribution in [0.4, 0.5) is 5.82 Å². The lowest BCUT2D eigenvalue weighted by Crippen LogP contribution is -2.45. The first-order chi connectivity index (χ1) is 17.1. The number of aromatic nitrogens is 4. The Morgan fingerprint density at radius 1 is 1.06 bits per heavy atom. The van der Waals surface area contributed by atoms with Gasteiger partial charge in [0.25, 0.3) is 5.91 Å². The summed E-state index contributed by atoms with van der Waals surface area (Å²) in [7, 11) is 2.09. The Morgan fingerprint density at radius 2 is 1.86 bits per heavy atom. The van der Waals surface area contributed by atoms with Gasteiger partial charge in [-0.2, -0.15) is 0 Å². The van der Waals surface area contributed by atoms with Crippen molar-refractivity contribution in [1.82, 2.24) is 29.8 Å². The summed E-state index contributed by atoms with van der Waals surface area (Å²) in [5.74, 6) is 0.228. The molecule has 1 N–H and O–H groups in total. The van der Waals surface area contributed by atoms with Crippen molar-refractivity contribution >= 4 is 49.1 Å². The maximum atomic E-state index is 13.8. The van der Waals surface area contributed by atoms with E-state index in [0.717, 1.165) is 42.1 Å². The van der Waals surface area contributed by atoms with Crippen molar-refractivity contribution in [2.24, 2.45) is 0 Å². The molecule has 1 aliphatic rings. The molecule has 35 heavy (non-hydrogen) atoms. The first kappa shape index (κ1) is 21.6. The topological polar surface area (TPSA) is 95.7 Å². The molecule has 0 unspecified atom stereocenters. The van der Waals surface area contributed by atoms with Crippen molar-refractivity contribution in [3.05, 3.63) is 76.2 Å². The zero-order valence-corrected chi connectivity index (χ0v) is 20.0. The van der Waals surface area contributed by atoms with E-state index in [4.69, 9.17) is 0 Å². The highest BCUT2D eigenvalue weighted by Gasteiger charge is 2.24. The zero-order chi connectivity index (χ0) is 23.9. The van der Waals surface area contributed by atoms with E-state index in [0.29, 0.717) is 21.7 Å². The van der Waals surface area contributed by atoms with Gasteiger partial charge in [0.15, 0.2) is 11.5 Å². The van der Waals surface area contributed by atoms with Gasteiger partial charge >= 0.3 is 0 Å². The minimum Gasteiger partial charge on any atom is -0.353 e. The fourth-order valence-electron chi connectivity index (χ4n) is 4.45. The van der Waals surface area contributed by atoms with Crippen LogP contribution >= 0.6 is 11.3 Å². The Morgan fingerprint density at radius 3 is 2.66 bits per heavy atom. The van der Waals surface area contributed by atoms with Crippen LogP contribution in [0.15, 0.2) is 59.5 Å². The van der Waals surface area contributed by atoms with Crippen LogP contribution in [0.2, 0.25) is 0 Å². The summed E-state index contributed by atoms with van der Waals surface area (Å²) in [6, 6.07) is 15.1. The summed E-state index contributed by atoms with van der Waals surface area (Å²) in [6.45, 7) is 3.66. The third kappa shape index (κ3) is 3.80. The maximum absolute atomic E-state index is 13.8. The van der Waals surface area contributed by atoms with Crippen LogP contribution in [0.1, 0.15) is 16.1 Å². The summed E-state index contributed by atoms with van der Waals surface area (Å²) < 4.78 is 2.84. The number of nitrogens with one attached hydrogen (secondary N) is 1. The molecule has 5 aromatic rings. The van der Waals surface area contributed by atoms with Crippen molar-refractivity contribution < 1.29 is 4.79 Å². The maximum Gasteiger partial charge on any atom is 0.258 e. The van der Waals surface area contributed by atoms with Crippen LogP contribution in [0, 0.1) is 0 Å². The number of benzene rings is 1. The molecule has 6 rings (SSSR count). The molecule has 1 amide bonds. The predicted octanol–water partition coefficient (Wildman–Crippen LogP) is 2.53. The van der Waals surface area contributed by atoms with E-state index in [1.807, 2.05) is 46.9 Å². The molecule has 9 nitrogen and oxygen atoms in total. The number of nitrogens with zero attached hydrogens (tertiary/aromatic N) is 6. The summed E-state index contributed by atoms with van der Waals surface area (Å²) in [4.78, 5) is 36.4. The number of carbonyl (C=O) groups is 1. The molecule has 1 fully saturated rings. The molecule has 0 saturated carbocycles. The van der Waals surface area contributed by atoms with E-state index >= 15 is 0 Å². The number of para-hydroxylation sites is 1. The van der Waals surface area contributed by atoms with Gasteiger partial charge in [-0.25, -0.2) is 0 Å². The molecule has 5 heterocycles. The summed E-state index contributed by atoms with van der Waals surface area (Å²) >= 11 is 1.40. The number of rotatable bonds is 4. The molecule has 10 heteroatoms. The first-order valence-electron chi connectivity index (χ1n) is 11.5. The van der Waals surface area contributed by atoms with Crippen LogP contribution < -0.4 is 15.6 Å². The normalized spacial score (nSPS) is 14.7. The van der Waals surface area contributed by atoms with Gasteiger partial charge in [-0.05, 0) is 37.4 Å². The largest absolute Gasteiger partial charge is 0.353 e. The van der Waals surface area contributed by atoms with Gasteiger partial charge < -0.3 is 15.1 Å². The van der Waals surface area contributed by atoms with E-state index < -0.39 is 5.91 Å². The van der Waals surface area contributed by atoms with Gasteiger partial charge in [-0.15, -0.1) is 21.5 Å². The van der Waals surface area contributed by atoms with Crippen LogP contribution in [0.25, 0.3) is 26.1 Å². The Labute approximate surface area is 204 Å². The number of amides is 1. The van der Waals surface area contributed by atoms with Gasteiger partial charge in [-0.3, -0.25) is 19.0 Å². The number of hydrogen-bond donors (Lipinski definition) is 1. The molecule has 1 aliphatic heterocycles. The molecule has 0 spiro atoms. The molecule has 0 atom stereocenters. The molecule has 1 aromatic carbocycles. The molecule has 1 saturated heterocycles. The quantitative estimate of drug-likeness (QED) is 0.418. The second kappa shape index (κ2) is 8.71. The average Bonchev–Trinajstić information content (AvgIpc) is 3.27. The molecule has 176 valence electrons. The third-order valence-electron chi connectivity index (χ3n) is 6.39. The van der Waals surface area contributed by atoms with Gasteiger partial charge in [0.1, 0.15) is 10.4 Å². The van der Waals surface area contributed by atoms with Crippen molar-refractivity contribution in [1.29, 1.82) is 0 Å². The third-order valence-corrected chi connectivity index (χ3v) is 7.53. The van der Waals surface area contributed by atoms with Crippen LogP contribution in [-0.4, -0.2) is 63.6 Å². The predicted molar refractivity (Wildman–Crippen MR) is 137 cm³/mol. The van der Waals surface area contributed by atoms with Crippen LogP contribution in [-0.2, 0) is 6.54 Å². The van der Waals surface area contributed by atoms with Gasteiger partial charge in [0.05, 0.1) is 27.8 Å². The van der Waals surface area contributed by atoms with Gasteiger partial charge in [-0.1, -0.05) is 18.2 Å². The Balaban J connectivity index is 1.52. The van der Waals surface area contributed by atoms with E-state index in [2.05, 4.69) is 37.3 Å². The smallest absolute Gasteiger partial charge is 0.258 e. The molecular weight excluding hydrogens is 462 g/mol. The number of likely N-dealkylation sites (N-methyl/N-ethyl adjacent to an activating group) is 1. The fraction of sp³-hybridized carbons (Fsp3) is 0.240. The molecular formula is C25H23N7O2S. The number of hydrogen-bond acceptors (Lipinski definition) is 8. The molecule has 4 aromatic heterocycles. The number of fused-ring (bicyclic) bond motifs is 5. The lowest BCUT2D eigenvalue weighted by molar-refractivity contribution is 0.0951. The highest BCUT2D eigenvalue weighted by Crippen LogP contribution is 2.31. The lowest BCUT2D eigenvalue weighted by Gasteiger charge is -2.32. The zero-order valence-electron chi connectivity index (χ0n) is 19.1. The van der Waals surface area contributed by atoms with Gasteiger partial charge in [0, 0.05) is 32.4 Å². The second-order valence-corrected chi connectivity index (χ2v) is 9.68. The number of piperazine rings is 1. The molecule has 0 aliphatic carbocycles. The number of pyridine rings is 2. The molecule has 0 radical (unpaired) electrons. The van der Waals surface area contributed by atoms with E-state index in [9.17, 15) is 9.59 Å². The van der Waals surface area contributed by atoms with E-state index in [1.54, 1.807) is 12.3 Å². The van der Waals surface area contributed by atoms with Crippen molar-refractivity contribution in [2.75, 3.05) is 38.1 Å². The van der Waals surface area contributed by atoms with Crippen molar-refractivity contribution in [3.63, 3.8) is 0 Å². The highest BCUT2D eigenvalue weighted by atomic mass is 32.1. The number of carbonyl (C=O) groups excluding carboxylic acids is 1. The fourth-order valence-corrected chi connectivity index (χ4v) is 5.63. The second-order valence-electron chi connectivity index (χ2n) is 8.65. The summed E-state index contributed by atoms with van der Waals surface area (Å²) in [6.07, 6.45) is 1.68. The lowest BCUT2D eigenvalue weighted by atomic mass is 10.1. The standard InChI is InChI=1S/C25H23N7O2S/c1-30-10-12-31(13-11-30)20-14-17-22(33)21(24(34)27-15-16-6-4-5-9-26-16)25-32(23(17)29-28-20)18-7-2-3-8-19(18)35-25/h2-9,14H,10-13,15H2,1H3,(H,27,34). The summed E-state index contributed by atoms with van der Waals surface area (Å²) in [5, 5.41) is 12.2. The highest BCUT2D eigenvalue weighted by molar-refractivity contribution is 7.24. The first-order valence-corrected chi connectivity index (χ1v) is 12.3. The van der Waals surface area contributed by atoms with Crippen LogP contribution in [0.5, 0.6) is 0 Å². The number of thiazole rings is 1. The average molecular weight is 486 g/mol. The number of anilines is 1. The van der Waals surface area contributed by atoms with Crippen molar-refractivity contribution in [3.8, 4) is 0 Å². The van der Waals surface area contributed by atoms with Crippen LogP contribution in [0.3, 0.4) is 0 Å². The monoisotopic (exact) mass is 485 g/mol. The Kier molecular flexibility index (Phi) is 5.39. The van der Waals surface area contributed by atoms with Gasteiger partial charge in [0.2, 0.25) is 5.43 Å². The minimum atomic E-state index is -0.426. The summed E-state index contributed by atoms with van der Waals surface area (Å²) in [5.41, 5.74) is 1.85. The van der Waals surface area contributed by atoms with E-state index in [1.165, 1.54) is 11.3 Å². The van der Waals surface area contributed by atoms with Crippen molar-refractivity contribution in [2.45, 2.75) is 6.54 Å². The minimum absolute atomic E-state index is 0.118. The SMILES string of the molecule is CN1CCN(c2cc3c(=O)c(C(=O)NCc4ccccn4)c4sc5ccccc5n4c3nn2)CC1. The molecule has 0 bridgehead atoms. The Bertz CT molecular complexity index is 1620.